The number of hydrogen-bond donors (Lipinski definition) is 6. The number of anilines is 10. The molecular weight excluding hydrogens is 1210 g/mol. The van der Waals surface area contributed by atoms with Gasteiger partial charge in [0.05, 0.1) is 74.0 Å². The third-order valence-electron chi connectivity index (χ3n) is 12.9. The van der Waals surface area contributed by atoms with Crippen LogP contribution >= 0.6 is 46.4 Å². The van der Waals surface area contributed by atoms with Crippen LogP contribution < -0.4 is 60.3 Å². The number of benzene rings is 4. The fraction of sp³-hybridized carbons (Fsp3) is 0.226. The summed E-state index contributed by atoms with van der Waals surface area (Å²) in [6.07, 6.45) is 8.50. The van der Waals surface area contributed by atoms with Crippen molar-refractivity contribution in [3.05, 3.63) is 155 Å². The first kappa shape index (κ1) is 66.4. The molecule has 0 unspecified atom stereocenters. The molecule has 6 N–H and O–H groups in total. The summed E-state index contributed by atoms with van der Waals surface area (Å²) in [6.45, 7) is 15.8. The molecule has 8 aromatic rings. The molecule has 0 bridgehead atoms. The van der Waals surface area contributed by atoms with Gasteiger partial charge in [-0.05, 0) is 87.9 Å². The molecule has 22 nitrogen and oxygen atoms in total. The Labute approximate surface area is 530 Å². The second-order valence-electron chi connectivity index (χ2n) is 18.8. The summed E-state index contributed by atoms with van der Waals surface area (Å²) in [5.41, 5.74) is 5.30. The maximum Gasteiger partial charge on any atom is 0.247 e. The number of nitrogens with zero attached hydrogens (tertiary/aromatic N) is 8. The Kier molecular flexibility index (Phi) is 24.5. The van der Waals surface area contributed by atoms with Crippen molar-refractivity contribution < 1.29 is 38.0 Å². The number of methoxy groups -OCH3 is 4. The topological polar surface area (TPSA) is 246 Å². The predicted molar refractivity (Wildman–Crippen MR) is 351 cm³/mol. The maximum absolute atomic E-state index is 12.3. The van der Waals surface area contributed by atoms with Gasteiger partial charge in [0.15, 0.2) is 0 Å². The monoisotopic (exact) mass is 1270 g/mol. The Morgan fingerprint density at radius 2 is 0.909 bits per heavy atom. The van der Waals surface area contributed by atoms with E-state index in [-0.39, 0.29) is 31.9 Å². The van der Waals surface area contributed by atoms with Gasteiger partial charge in [-0.25, -0.2) is 29.9 Å². The van der Waals surface area contributed by atoms with Gasteiger partial charge in [-0.1, -0.05) is 73.4 Å². The van der Waals surface area contributed by atoms with Crippen LogP contribution in [0.3, 0.4) is 0 Å². The van der Waals surface area contributed by atoms with Crippen LogP contribution in [0, 0.1) is 0 Å². The second-order valence-corrected chi connectivity index (χ2v) is 20.3. The van der Waals surface area contributed by atoms with Crippen LogP contribution in [0.1, 0.15) is 13.8 Å². The molecule has 460 valence electrons. The number of aromatic nitrogens is 6. The van der Waals surface area contributed by atoms with Crippen molar-refractivity contribution in [1.29, 1.82) is 0 Å². The van der Waals surface area contributed by atoms with E-state index in [1.165, 1.54) is 53.2 Å². The molecule has 0 spiro atoms. The lowest BCUT2D eigenvalue weighted by Crippen LogP contribution is -2.27. The molecule has 0 aliphatic carbocycles. The van der Waals surface area contributed by atoms with E-state index in [0.717, 1.165) is 26.2 Å². The Morgan fingerprint density at radius 3 is 1.27 bits per heavy atom. The Hall–Kier alpha value is -9.16. The molecule has 0 saturated heterocycles. The van der Waals surface area contributed by atoms with Gasteiger partial charge in [0.25, 0.3) is 0 Å². The number of pyridine rings is 2. The number of carbonyl (C=O) groups is 2. The Balaban J connectivity index is 0.000000251. The molecule has 0 radical (unpaired) electrons. The van der Waals surface area contributed by atoms with Gasteiger partial charge < -0.3 is 70.1 Å². The van der Waals surface area contributed by atoms with Crippen molar-refractivity contribution in [3.8, 4) is 57.0 Å². The highest BCUT2D eigenvalue weighted by Crippen LogP contribution is 2.48. The van der Waals surface area contributed by atoms with Gasteiger partial charge in [-0.2, -0.15) is 0 Å². The summed E-state index contributed by atoms with van der Waals surface area (Å²) in [4.78, 5) is 55.4. The average molecular weight is 1280 g/mol. The lowest BCUT2D eigenvalue weighted by atomic mass is 10.1. The fourth-order valence-electron chi connectivity index (χ4n) is 8.27. The minimum absolute atomic E-state index is 0.262. The summed E-state index contributed by atoms with van der Waals surface area (Å²) >= 11 is 26.4. The van der Waals surface area contributed by atoms with Gasteiger partial charge in [0.2, 0.25) is 11.8 Å². The maximum atomic E-state index is 12.3. The Morgan fingerprint density at radius 1 is 0.511 bits per heavy atom. The number of amides is 2. The SMILES string of the molecule is C=CC(=O)Nc1cc(OCCN(C)C)ccc1Nc1cc(-c2cccnc2Nc2c(Cl)c(OC)cc(OC)c2Cl)ncn1.C=CC(=O)Nc1cc(OCCN(CC)CC)ccc1Nc1cc(-c2cccnc2Nc2c(Cl)c(OC)cc(OC)c2Cl)ncn1. The zero-order chi connectivity index (χ0) is 63.3. The van der Waals surface area contributed by atoms with Crippen molar-refractivity contribution in [1.82, 2.24) is 39.7 Å². The molecule has 0 fully saturated rings. The number of rotatable bonds is 28. The number of halogens is 4. The van der Waals surface area contributed by atoms with Gasteiger partial charge in [0, 0.05) is 73.0 Å². The lowest BCUT2D eigenvalue weighted by Gasteiger charge is -2.19. The van der Waals surface area contributed by atoms with Gasteiger partial charge in [-0.15, -0.1) is 0 Å². The zero-order valence-corrected chi connectivity index (χ0v) is 52.6. The van der Waals surface area contributed by atoms with Gasteiger partial charge in [0.1, 0.15) is 104 Å². The summed E-state index contributed by atoms with van der Waals surface area (Å²) in [7, 11) is 9.93. The second kappa shape index (κ2) is 32.5. The first-order valence-corrected chi connectivity index (χ1v) is 28.7. The van der Waals surface area contributed by atoms with Crippen molar-refractivity contribution in [2.24, 2.45) is 0 Å². The van der Waals surface area contributed by atoms with Crippen LogP contribution in [0.5, 0.6) is 34.5 Å². The summed E-state index contributed by atoms with van der Waals surface area (Å²) in [5.74, 6) is 3.82. The molecule has 26 heteroatoms. The number of ether oxygens (including phenoxy) is 6. The summed E-state index contributed by atoms with van der Waals surface area (Å²) in [6, 6.07) is 24.7. The molecule has 4 heterocycles. The fourth-order valence-corrected chi connectivity index (χ4v) is 9.46. The van der Waals surface area contributed by atoms with E-state index < -0.39 is 0 Å². The number of nitrogens with one attached hydrogen (secondary N) is 6. The molecule has 0 aliphatic rings. The molecular formula is C62H66Cl4N14O8. The van der Waals surface area contributed by atoms with E-state index in [1.54, 1.807) is 67.0 Å². The minimum Gasteiger partial charge on any atom is -0.495 e. The van der Waals surface area contributed by atoms with E-state index in [4.69, 9.17) is 74.8 Å². The molecule has 0 aliphatic heterocycles. The molecule has 0 atom stereocenters. The van der Waals surface area contributed by atoms with Crippen molar-refractivity contribution in [3.63, 3.8) is 0 Å². The Bertz CT molecular complexity index is 3690. The normalized spacial score (nSPS) is 10.7. The van der Waals surface area contributed by atoms with E-state index in [1.807, 2.05) is 49.3 Å². The highest BCUT2D eigenvalue weighted by molar-refractivity contribution is 6.42. The van der Waals surface area contributed by atoms with Crippen LogP contribution in [-0.2, 0) is 9.59 Å². The highest BCUT2D eigenvalue weighted by atomic mass is 35.5. The lowest BCUT2D eigenvalue weighted by molar-refractivity contribution is -0.112. The summed E-state index contributed by atoms with van der Waals surface area (Å²) in [5, 5.41) is 19.6. The molecule has 2 amide bonds. The van der Waals surface area contributed by atoms with Crippen LogP contribution in [0.4, 0.5) is 57.4 Å². The number of hydrogen-bond acceptors (Lipinski definition) is 20. The quantitative estimate of drug-likeness (QED) is 0.0250. The molecule has 4 aromatic carbocycles. The van der Waals surface area contributed by atoms with E-state index >= 15 is 0 Å². The van der Waals surface area contributed by atoms with Crippen molar-refractivity contribution in [2.45, 2.75) is 13.8 Å². The third kappa shape index (κ3) is 17.5. The van der Waals surface area contributed by atoms with Gasteiger partial charge >= 0.3 is 0 Å². The van der Waals surface area contributed by atoms with Crippen LogP contribution in [0.2, 0.25) is 20.1 Å². The zero-order valence-electron chi connectivity index (χ0n) is 49.6. The standard InChI is InChI=1S/C32H35Cl2N7O4.C30H31Cl2N7O4/c1-6-28(42)39-24-16-20(45-15-14-41(7-2)8-3)11-12-22(24)38-27-17-23(36-19-37-27)21-10-9-13-35-32(21)40-31-29(33)25(43-4)18-26(44-5)30(31)34;1-6-26(40)37-22-14-18(43-13-12-39(2)3)9-10-20(22)36-25-15-21(34-17-35-25)19-8-7-11-33-30(19)38-29-27(31)23(41-4)16-24(42-5)28(29)32/h6,9-13,16-19H,1,7-8,14-15H2,2-5H3,(H,35,40)(H,39,42)(H,36,37,38);6-11,14-17H,1,12-13H2,2-5H3,(H,33,38)(H,37,40)(H,34,35,36). The molecule has 88 heavy (non-hydrogen) atoms. The van der Waals surface area contributed by atoms with Crippen molar-refractivity contribution >= 4 is 116 Å². The number of carbonyl (C=O) groups excluding carboxylic acids is 2. The predicted octanol–water partition coefficient (Wildman–Crippen LogP) is 13.6. The van der Waals surface area contributed by atoms with E-state index in [9.17, 15) is 9.59 Å². The van der Waals surface area contributed by atoms with Crippen LogP contribution in [0.15, 0.2) is 135 Å². The molecule has 4 aromatic heterocycles. The van der Waals surface area contributed by atoms with Crippen LogP contribution in [-0.4, -0.2) is 133 Å². The first-order chi connectivity index (χ1) is 42.5. The smallest absolute Gasteiger partial charge is 0.247 e. The van der Waals surface area contributed by atoms with Gasteiger partial charge in [-0.3, -0.25) is 9.59 Å². The molecule has 8 rings (SSSR count). The minimum atomic E-state index is -0.366. The highest BCUT2D eigenvalue weighted by Gasteiger charge is 2.22. The first-order valence-electron chi connectivity index (χ1n) is 27.2. The number of likely N-dealkylation sites (N-methyl/N-ethyl adjacent to an activating group) is 2. The molecule has 0 saturated carbocycles. The van der Waals surface area contributed by atoms with E-state index in [2.05, 4.69) is 93.7 Å². The van der Waals surface area contributed by atoms with E-state index in [0.29, 0.717) is 128 Å². The van der Waals surface area contributed by atoms with Crippen LogP contribution in [0.25, 0.3) is 22.5 Å². The van der Waals surface area contributed by atoms with Crippen molar-refractivity contribution in [2.75, 3.05) is 114 Å². The summed E-state index contributed by atoms with van der Waals surface area (Å²) < 4.78 is 33.4. The largest absolute Gasteiger partial charge is 0.495 e. The third-order valence-corrected chi connectivity index (χ3v) is 14.4. The average Bonchev–Trinajstić information content (AvgIpc) is 3.57.